The van der Waals surface area contributed by atoms with Gasteiger partial charge in [-0.05, 0) is 41.9 Å². The van der Waals surface area contributed by atoms with Crippen LogP contribution in [0.25, 0.3) is 22.2 Å². The van der Waals surface area contributed by atoms with E-state index in [9.17, 15) is 0 Å². The van der Waals surface area contributed by atoms with Crippen molar-refractivity contribution in [2.75, 3.05) is 13.6 Å². The minimum Gasteiger partial charge on any atom is -0.301 e. The van der Waals surface area contributed by atoms with Crippen LogP contribution in [-0.2, 0) is 6.54 Å². The molecule has 2 aromatic carbocycles. The lowest BCUT2D eigenvalue weighted by atomic mass is 9.83. The highest BCUT2D eigenvalue weighted by atomic mass is 15.1. The quantitative estimate of drug-likeness (QED) is 0.605. The number of H-pyrrole nitrogens is 1. The van der Waals surface area contributed by atoms with E-state index in [-0.39, 0.29) is 0 Å². The van der Waals surface area contributed by atoms with Gasteiger partial charge >= 0.3 is 0 Å². The van der Waals surface area contributed by atoms with Crippen LogP contribution in [0.5, 0.6) is 0 Å². The summed E-state index contributed by atoms with van der Waals surface area (Å²) in [6, 6.07) is 15.3. The Kier molecular flexibility index (Phi) is 3.53. The summed E-state index contributed by atoms with van der Waals surface area (Å²) in [6.07, 6.45) is 5.26. The molecule has 0 fully saturated rings. The van der Waals surface area contributed by atoms with Crippen LogP contribution in [0, 0.1) is 0 Å². The summed E-state index contributed by atoms with van der Waals surface area (Å²) in [5, 5.41) is 8.38. The summed E-state index contributed by atoms with van der Waals surface area (Å²) in [6.45, 7) is 1.97. The van der Waals surface area contributed by atoms with Gasteiger partial charge in [0.15, 0.2) is 0 Å². The molecule has 0 amide bonds. The monoisotopic (exact) mass is 341 g/mol. The van der Waals surface area contributed by atoms with Crippen molar-refractivity contribution in [1.29, 1.82) is 0 Å². The highest BCUT2D eigenvalue weighted by Gasteiger charge is 2.25. The zero-order valence-electron chi connectivity index (χ0n) is 14.6. The number of hydrogen-bond acceptors (Lipinski definition) is 4. The van der Waals surface area contributed by atoms with E-state index in [2.05, 4.69) is 68.5 Å². The van der Waals surface area contributed by atoms with Crippen LogP contribution in [0.2, 0.25) is 0 Å². The van der Waals surface area contributed by atoms with Gasteiger partial charge < -0.3 is 4.90 Å². The molecule has 128 valence electrons. The maximum atomic E-state index is 4.39. The molecule has 5 rings (SSSR count). The molecule has 1 aliphatic rings. The van der Waals surface area contributed by atoms with Gasteiger partial charge in [0.2, 0.25) is 0 Å². The van der Waals surface area contributed by atoms with Crippen molar-refractivity contribution >= 4 is 10.9 Å². The first-order chi connectivity index (χ1) is 12.8. The van der Waals surface area contributed by atoms with Crippen molar-refractivity contribution in [3.63, 3.8) is 0 Å². The fourth-order valence-corrected chi connectivity index (χ4v) is 3.93. The topological polar surface area (TPSA) is 57.7 Å². The van der Waals surface area contributed by atoms with Crippen molar-refractivity contribution < 1.29 is 0 Å². The van der Waals surface area contributed by atoms with E-state index in [4.69, 9.17) is 0 Å². The molecule has 0 spiro atoms. The Labute approximate surface area is 151 Å². The second kappa shape index (κ2) is 6.04. The fraction of sp³-hybridized carbons (Fsp3) is 0.190. The van der Waals surface area contributed by atoms with Crippen LogP contribution in [0.4, 0.5) is 0 Å². The molecule has 0 saturated carbocycles. The molecule has 5 nitrogen and oxygen atoms in total. The standard InChI is InChI=1S/C21H19N5/c1-26-11-17-8-15(20-6-7-22-13-23-20)4-5-18(17)19(12-26)14-2-3-16-10-24-25-21(16)9-14/h2-10,13,19H,11-12H2,1H3,(H,24,25). The minimum absolute atomic E-state index is 0.357. The molecule has 5 heteroatoms. The third kappa shape index (κ3) is 2.57. The van der Waals surface area contributed by atoms with Gasteiger partial charge in [-0.1, -0.05) is 24.3 Å². The molecule has 1 atom stereocenters. The van der Waals surface area contributed by atoms with Crippen LogP contribution >= 0.6 is 0 Å². The van der Waals surface area contributed by atoms with E-state index in [0.29, 0.717) is 5.92 Å². The van der Waals surface area contributed by atoms with E-state index in [1.165, 1.54) is 16.7 Å². The highest BCUT2D eigenvalue weighted by Crippen LogP contribution is 2.35. The number of benzene rings is 2. The Balaban J connectivity index is 1.59. The maximum absolute atomic E-state index is 4.39. The van der Waals surface area contributed by atoms with Crippen molar-refractivity contribution in [2.24, 2.45) is 0 Å². The van der Waals surface area contributed by atoms with E-state index >= 15 is 0 Å². The Morgan fingerprint density at radius 3 is 2.96 bits per heavy atom. The first-order valence-electron chi connectivity index (χ1n) is 8.79. The summed E-state index contributed by atoms with van der Waals surface area (Å²) >= 11 is 0. The fourth-order valence-electron chi connectivity index (χ4n) is 3.93. The second-order valence-electron chi connectivity index (χ2n) is 6.97. The average Bonchev–Trinajstić information content (AvgIpc) is 3.15. The average molecular weight is 341 g/mol. The summed E-state index contributed by atoms with van der Waals surface area (Å²) in [5.74, 6) is 0.357. The maximum Gasteiger partial charge on any atom is 0.116 e. The van der Waals surface area contributed by atoms with Crippen molar-refractivity contribution in [2.45, 2.75) is 12.5 Å². The van der Waals surface area contributed by atoms with E-state index < -0.39 is 0 Å². The first-order valence-corrected chi connectivity index (χ1v) is 8.79. The van der Waals surface area contributed by atoms with E-state index in [1.807, 2.05) is 12.3 Å². The second-order valence-corrected chi connectivity index (χ2v) is 6.97. The molecule has 3 heterocycles. The van der Waals surface area contributed by atoms with E-state index in [1.54, 1.807) is 12.5 Å². The van der Waals surface area contributed by atoms with Gasteiger partial charge in [0.1, 0.15) is 6.33 Å². The van der Waals surface area contributed by atoms with Gasteiger partial charge in [-0.15, -0.1) is 0 Å². The lowest BCUT2D eigenvalue weighted by Gasteiger charge is -2.33. The third-order valence-electron chi connectivity index (χ3n) is 5.20. The number of fused-ring (bicyclic) bond motifs is 2. The number of nitrogens with one attached hydrogen (secondary N) is 1. The number of likely N-dealkylation sites (N-methyl/N-ethyl adjacent to an activating group) is 1. The number of hydrogen-bond donors (Lipinski definition) is 1. The van der Waals surface area contributed by atoms with Gasteiger partial charge in [-0.2, -0.15) is 5.10 Å². The molecule has 0 saturated heterocycles. The molecule has 1 unspecified atom stereocenters. The molecule has 1 N–H and O–H groups in total. The normalized spacial score (nSPS) is 17.3. The molecule has 1 aliphatic heterocycles. The molecular weight excluding hydrogens is 322 g/mol. The molecule has 2 aromatic heterocycles. The van der Waals surface area contributed by atoms with Gasteiger partial charge in [-0.25, -0.2) is 9.97 Å². The highest BCUT2D eigenvalue weighted by molar-refractivity contribution is 5.78. The summed E-state index contributed by atoms with van der Waals surface area (Å²) in [5.41, 5.74) is 7.29. The lowest BCUT2D eigenvalue weighted by molar-refractivity contribution is 0.295. The summed E-state index contributed by atoms with van der Waals surface area (Å²) < 4.78 is 0. The van der Waals surface area contributed by atoms with Crippen LogP contribution in [-0.4, -0.2) is 38.7 Å². The number of aromatic nitrogens is 4. The van der Waals surface area contributed by atoms with Crippen LogP contribution in [0.3, 0.4) is 0 Å². The Morgan fingerprint density at radius 2 is 2.08 bits per heavy atom. The Morgan fingerprint density at radius 1 is 1.12 bits per heavy atom. The number of nitrogens with zero attached hydrogens (tertiary/aromatic N) is 4. The molecule has 4 aromatic rings. The van der Waals surface area contributed by atoms with Crippen molar-refractivity contribution in [1.82, 2.24) is 25.1 Å². The van der Waals surface area contributed by atoms with Crippen LogP contribution in [0.15, 0.2) is 61.2 Å². The molecule has 0 aliphatic carbocycles. The molecule has 0 radical (unpaired) electrons. The lowest BCUT2D eigenvalue weighted by Crippen LogP contribution is -2.31. The number of aromatic amines is 1. The smallest absolute Gasteiger partial charge is 0.116 e. The first kappa shape index (κ1) is 15.2. The predicted octanol–water partition coefficient (Wildman–Crippen LogP) is 3.60. The SMILES string of the molecule is CN1Cc2cc(-c3ccncn3)ccc2C(c2ccc3cn[nH]c3c2)C1. The minimum atomic E-state index is 0.357. The van der Waals surface area contributed by atoms with Crippen LogP contribution in [0.1, 0.15) is 22.6 Å². The van der Waals surface area contributed by atoms with Crippen molar-refractivity contribution in [3.05, 3.63) is 77.9 Å². The summed E-state index contributed by atoms with van der Waals surface area (Å²) in [7, 11) is 2.18. The molecule has 26 heavy (non-hydrogen) atoms. The summed E-state index contributed by atoms with van der Waals surface area (Å²) in [4.78, 5) is 10.8. The third-order valence-corrected chi connectivity index (χ3v) is 5.20. The van der Waals surface area contributed by atoms with Gasteiger partial charge in [0, 0.05) is 36.2 Å². The Hall–Kier alpha value is -3.05. The molecular formula is C21H19N5. The van der Waals surface area contributed by atoms with Gasteiger partial charge in [0.25, 0.3) is 0 Å². The largest absolute Gasteiger partial charge is 0.301 e. The predicted molar refractivity (Wildman–Crippen MR) is 102 cm³/mol. The Bertz CT molecular complexity index is 1070. The number of rotatable bonds is 2. The van der Waals surface area contributed by atoms with Crippen LogP contribution < -0.4 is 0 Å². The zero-order chi connectivity index (χ0) is 17.5. The zero-order valence-corrected chi connectivity index (χ0v) is 14.6. The van der Waals surface area contributed by atoms with Gasteiger partial charge in [-0.3, -0.25) is 5.10 Å². The van der Waals surface area contributed by atoms with Crippen molar-refractivity contribution in [3.8, 4) is 11.3 Å². The van der Waals surface area contributed by atoms with E-state index in [0.717, 1.165) is 35.2 Å². The van der Waals surface area contributed by atoms with Gasteiger partial charge in [0.05, 0.1) is 17.4 Å². The molecule has 0 bridgehead atoms.